The van der Waals surface area contributed by atoms with Gasteiger partial charge in [0.1, 0.15) is 6.04 Å². The van der Waals surface area contributed by atoms with Crippen molar-refractivity contribution in [1.82, 2.24) is 0 Å². The normalized spacial score (nSPS) is 13.2. The third kappa shape index (κ3) is 4.58. The molecule has 0 amide bonds. The van der Waals surface area contributed by atoms with Gasteiger partial charge in [-0.05, 0) is 12.8 Å². The maximum absolute atomic E-state index is 10.6. The van der Waals surface area contributed by atoms with Crippen LogP contribution in [0, 0.1) is 0 Å². The third-order valence-corrected chi connectivity index (χ3v) is 1.27. The Morgan fingerprint density at radius 2 is 2.25 bits per heavy atom. The second-order valence-corrected chi connectivity index (χ2v) is 2.17. The summed E-state index contributed by atoms with van der Waals surface area (Å²) < 4.78 is 0. The Kier molecular flexibility index (Phi) is 5.84. The summed E-state index contributed by atoms with van der Waals surface area (Å²) in [6.45, 7) is 0.446. The van der Waals surface area contributed by atoms with Crippen LogP contribution >= 0.6 is 0 Å². The van der Waals surface area contributed by atoms with Crippen molar-refractivity contribution in [3.63, 3.8) is 0 Å². The van der Waals surface area contributed by atoms with E-state index in [9.17, 15) is 4.79 Å². The number of carbonyl (C=O) groups excluding carboxylic acids is 1. The molecule has 0 fully saturated rings. The first-order valence-electron chi connectivity index (χ1n) is 3.45. The first-order chi connectivity index (χ1) is 5.72. The lowest BCUT2D eigenvalue weighted by Crippen LogP contribution is -2.33. The minimum Gasteiger partial charge on any atom is -0.372 e. The highest BCUT2D eigenvalue weighted by Crippen LogP contribution is 1.96. The SMILES string of the molecule is NN=NCCC[C@H](N)C(=O)ON. The molecule has 0 spiro atoms. The van der Waals surface area contributed by atoms with Crippen molar-refractivity contribution in [2.45, 2.75) is 18.9 Å². The molecule has 0 saturated heterocycles. The smallest absolute Gasteiger partial charge is 0.341 e. The Balaban J connectivity index is 3.43. The predicted molar refractivity (Wildman–Crippen MR) is 41.4 cm³/mol. The Morgan fingerprint density at radius 1 is 1.58 bits per heavy atom. The minimum atomic E-state index is -0.692. The monoisotopic (exact) mass is 175 g/mol. The minimum absolute atomic E-state index is 0.446. The van der Waals surface area contributed by atoms with Crippen molar-refractivity contribution >= 4 is 5.97 Å². The van der Waals surface area contributed by atoms with Crippen LogP contribution in [0.15, 0.2) is 10.3 Å². The number of nitrogens with two attached hydrogens (primary N) is 3. The summed E-state index contributed by atoms with van der Waals surface area (Å²) in [5.41, 5.74) is 5.35. The van der Waals surface area contributed by atoms with Crippen molar-refractivity contribution < 1.29 is 9.63 Å². The highest BCUT2D eigenvalue weighted by molar-refractivity contribution is 5.74. The Bertz CT molecular complexity index is 160. The van der Waals surface area contributed by atoms with Gasteiger partial charge in [0.2, 0.25) is 0 Å². The van der Waals surface area contributed by atoms with Crippen LogP contribution in [-0.4, -0.2) is 18.6 Å². The Hall–Kier alpha value is -1.21. The average molecular weight is 175 g/mol. The summed E-state index contributed by atoms with van der Waals surface area (Å²) in [5.74, 6) is 8.73. The van der Waals surface area contributed by atoms with Crippen LogP contribution in [0.3, 0.4) is 0 Å². The second-order valence-electron chi connectivity index (χ2n) is 2.17. The van der Waals surface area contributed by atoms with Crippen LogP contribution in [0.5, 0.6) is 0 Å². The van der Waals surface area contributed by atoms with E-state index in [2.05, 4.69) is 21.1 Å². The summed E-state index contributed by atoms with van der Waals surface area (Å²) in [7, 11) is 0. The molecule has 0 saturated carbocycles. The average Bonchev–Trinajstić information content (AvgIpc) is 2.10. The molecule has 0 aliphatic heterocycles. The van der Waals surface area contributed by atoms with Crippen LogP contribution in [0.4, 0.5) is 0 Å². The molecule has 7 heteroatoms. The molecule has 0 aliphatic carbocycles. The van der Waals surface area contributed by atoms with Crippen molar-refractivity contribution in [2.75, 3.05) is 6.54 Å². The zero-order valence-corrected chi connectivity index (χ0v) is 6.64. The van der Waals surface area contributed by atoms with E-state index in [-0.39, 0.29) is 0 Å². The zero-order valence-electron chi connectivity index (χ0n) is 6.64. The fourth-order valence-electron chi connectivity index (χ4n) is 0.645. The molecule has 6 N–H and O–H groups in total. The van der Waals surface area contributed by atoms with Gasteiger partial charge in [0.05, 0.1) is 6.54 Å². The highest BCUT2D eigenvalue weighted by Gasteiger charge is 2.12. The van der Waals surface area contributed by atoms with Crippen LogP contribution in [-0.2, 0) is 9.63 Å². The molecule has 0 aromatic heterocycles. The standard InChI is InChI=1S/C5H13N5O2/c6-4(5(11)12-8)2-1-3-9-10-7/h4H,1-3,6,8H2,(H2,7,9)/t4-/m0/s1. The van der Waals surface area contributed by atoms with Crippen molar-refractivity contribution in [3.8, 4) is 0 Å². The van der Waals surface area contributed by atoms with Gasteiger partial charge in [0, 0.05) is 0 Å². The Labute approximate surface area is 69.9 Å². The van der Waals surface area contributed by atoms with Gasteiger partial charge in [0.15, 0.2) is 0 Å². The summed E-state index contributed by atoms with van der Waals surface area (Å²) in [5, 5.41) is 6.53. The van der Waals surface area contributed by atoms with Crippen LogP contribution in [0.25, 0.3) is 0 Å². The molecule has 0 heterocycles. The number of hydrogen-bond acceptors (Lipinski definition) is 6. The molecule has 0 rings (SSSR count). The summed E-state index contributed by atoms with van der Waals surface area (Å²) in [4.78, 5) is 14.6. The molecule has 70 valence electrons. The largest absolute Gasteiger partial charge is 0.372 e. The van der Waals surface area contributed by atoms with E-state index in [0.29, 0.717) is 19.4 Å². The number of carbonyl (C=O) groups is 1. The van der Waals surface area contributed by atoms with Gasteiger partial charge in [-0.1, -0.05) is 5.22 Å². The predicted octanol–water partition coefficient (Wildman–Crippen LogP) is -1.16. The lowest BCUT2D eigenvalue weighted by molar-refractivity contribution is -0.145. The molecule has 0 aromatic carbocycles. The van der Waals surface area contributed by atoms with E-state index in [1.807, 2.05) is 0 Å². The van der Waals surface area contributed by atoms with Crippen molar-refractivity contribution in [2.24, 2.45) is 27.8 Å². The van der Waals surface area contributed by atoms with E-state index in [1.54, 1.807) is 0 Å². The fourth-order valence-corrected chi connectivity index (χ4v) is 0.645. The van der Waals surface area contributed by atoms with Crippen LogP contribution < -0.4 is 17.5 Å². The van der Waals surface area contributed by atoms with Gasteiger partial charge in [-0.15, -0.1) is 0 Å². The Morgan fingerprint density at radius 3 is 2.75 bits per heavy atom. The van der Waals surface area contributed by atoms with E-state index in [1.165, 1.54) is 0 Å². The molecule has 7 nitrogen and oxygen atoms in total. The summed E-state index contributed by atoms with van der Waals surface area (Å²) in [6, 6.07) is -0.692. The molecular weight excluding hydrogens is 162 g/mol. The van der Waals surface area contributed by atoms with Gasteiger partial charge < -0.3 is 16.4 Å². The second kappa shape index (κ2) is 6.50. The fraction of sp³-hybridized carbons (Fsp3) is 0.800. The van der Waals surface area contributed by atoms with Gasteiger partial charge >= 0.3 is 5.97 Å². The summed E-state index contributed by atoms with van der Waals surface area (Å²) >= 11 is 0. The molecular formula is C5H13N5O2. The maximum atomic E-state index is 10.6. The quantitative estimate of drug-likeness (QED) is 0.210. The molecule has 0 bridgehead atoms. The summed E-state index contributed by atoms with van der Waals surface area (Å²) in [6.07, 6.45) is 1.08. The number of rotatable bonds is 5. The van der Waals surface area contributed by atoms with Gasteiger partial charge in [-0.25, -0.2) is 4.79 Å². The first-order valence-corrected chi connectivity index (χ1v) is 3.45. The highest BCUT2D eigenvalue weighted by atomic mass is 16.7. The van der Waals surface area contributed by atoms with E-state index in [0.717, 1.165) is 0 Å². The molecule has 0 aliphatic rings. The molecule has 12 heavy (non-hydrogen) atoms. The van der Waals surface area contributed by atoms with E-state index in [4.69, 9.17) is 11.6 Å². The molecule has 0 aromatic rings. The number of hydrogen-bond donors (Lipinski definition) is 3. The lowest BCUT2D eigenvalue weighted by Gasteiger charge is -2.05. The van der Waals surface area contributed by atoms with Crippen LogP contribution in [0.1, 0.15) is 12.8 Å². The van der Waals surface area contributed by atoms with Gasteiger partial charge in [-0.3, -0.25) is 0 Å². The molecule has 0 radical (unpaired) electrons. The zero-order chi connectivity index (χ0) is 9.40. The van der Waals surface area contributed by atoms with Crippen LogP contribution in [0.2, 0.25) is 0 Å². The lowest BCUT2D eigenvalue weighted by atomic mass is 10.2. The molecule has 1 atom stereocenters. The molecule has 0 unspecified atom stereocenters. The van der Waals surface area contributed by atoms with Gasteiger partial charge in [0.25, 0.3) is 0 Å². The third-order valence-electron chi connectivity index (χ3n) is 1.27. The van der Waals surface area contributed by atoms with Crippen molar-refractivity contribution in [3.05, 3.63) is 0 Å². The van der Waals surface area contributed by atoms with Gasteiger partial charge in [-0.2, -0.15) is 11.0 Å². The first kappa shape index (κ1) is 10.8. The maximum Gasteiger partial charge on any atom is 0.341 e. The van der Waals surface area contributed by atoms with E-state index >= 15 is 0 Å². The topological polar surface area (TPSA) is 129 Å². The van der Waals surface area contributed by atoms with E-state index < -0.39 is 12.0 Å². The number of nitrogens with zero attached hydrogens (tertiary/aromatic N) is 2. The van der Waals surface area contributed by atoms with Crippen molar-refractivity contribution in [1.29, 1.82) is 0 Å².